The first kappa shape index (κ1) is 29.3. The number of ether oxygens (including phenoxy) is 3. The van der Waals surface area contributed by atoms with E-state index in [9.17, 15) is 14.4 Å². The third kappa shape index (κ3) is 5.65. The molecule has 0 bridgehead atoms. The first-order chi connectivity index (χ1) is 20.9. The number of rotatable bonds is 7. The Labute approximate surface area is 251 Å². The van der Waals surface area contributed by atoms with E-state index in [-0.39, 0.29) is 18.3 Å². The van der Waals surface area contributed by atoms with Crippen molar-refractivity contribution in [2.75, 3.05) is 39.9 Å². The zero-order valence-electron chi connectivity index (χ0n) is 25.3. The number of benzene rings is 1. The number of methoxy groups -OCH3 is 1. The van der Waals surface area contributed by atoms with Crippen molar-refractivity contribution < 1.29 is 23.8 Å². The lowest BCUT2D eigenvalue weighted by Crippen LogP contribution is -2.48. The molecular formula is C33H40N4O6. The van der Waals surface area contributed by atoms with E-state index in [2.05, 4.69) is 11.8 Å². The lowest BCUT2D eigenvalue weighted by molar-refractivity contribution is -0.155. The Balaban J connectivity index is 1.24. The maximum Gasteiger partial charge on any atom is 0.415 e. The largest absolute Gasteiger partial charge is 0.464 e. The number of aromatic nitrogens is 2. The number of carbonyl (C=O) groups is 2. The molecule has 5 heterocycles. The number of esters is 1. The lowest BCUT2D eigenvalue weighted by atomic mass is 9.98. The number of hydrogen-bond donors (Lipinski definition) is 0. The van der Waals surface area contributed by atoms with Crippen LogP contribution in [0.15, 0.2) is 35.1 Å². The predicted octanol–water partition coefficient (Wildman–Crippen LogP) is 4.69. The highest BCUT2D eigenvalue weighted by Crippen LogP contribution is 2.38. The summed E-state index contributed by atoms with van der Waals surface area (Å²) < 4.78 is 18.1. The monoisotopic (exact) mass is 588 g/mol. The number of piperidine rings is 2. The van der Waals surface area contributed by atoms with Crippen molar-refractivity contribution >= 4 is 23.0 Å². The van der Waals surface area contributed by atoms with Crippen molar-refractivity contribution in [2.24, 2.45) is 0 Å². The van der Waals surface area contributed by atoms with E-state index in [0.29, 0.717) is 54.8 Å². The second-order valence-electron chi connectivity index (χ2n) is 11.6. The van der Waals surface area contributed by atoms with Crippen LogP contribution >= 0.6 is 0 Å². The molecule has 0 N–H and O–H groups in total. The van der Waals surface area contributed by atoms with Gasteiger partial charge in [-0.05, 0) is 87.5 Å². The first-order valence-corrected chi connectivity index (χ1v) is 15.5. The topological polar surface area (TPSA) is 103 Å². The number of aryl methyl sites for hydroxylation is 1. The molecule has 3 aromatic rings. The number of fused-ring (bicyclic) bond motifs is 4. The van der Waals surface area contributed by atoms with Crippen molar-refractivity contribution in [1.82, 2.24) is 19.4 Å². The third-order valence-electron chi connectivity index (χ3n) is 9.11. The van der Waals surface area contributed by atoms with Gasteiger partial charge in [0, 0.05) is 43.3 Å². The van der Waals surface area contributed by atoms with Gasteiger partial charge in [-0.2, -0.15) is 0 Å². The number of nitrogens with zero attached hydrogens (tertiary/aromatic N) is 4. The number of amides is 1. The van der Waals surface area contributed by atoms with Crippen molar-refractivity contribution in [3.8, 4) is 17.1 Å². The molecule has 2 aromatic heterocycles. The molecule has 228 valence electrons. The fraction of sp³-hybridized carbons (Fsp3) is 0.515. The average molecular weight is 589 g/mol. The van der Waals surface area contributed by atoms with Crippen LogP contribution in [0.2, 0.25) is 0 Å². The van der Waals surface area contributed by atoms with Crippen molar-refractivity contribution in [1.29, 1.82) is 0 Å². The van der Waals surface area contributed by atoms with Gasteiger partial charge in [0.1, 0.15) is 5.75 Å². The van der Waals surface area contributed by atoms with Gasteiger partial charge in [-0.3, -0.25) is 4.79 Å². The number of pyridine rings is 2. The minimum absolute atomic E-state index is 0.216. The summed E-state index contributed by atoms with van der Waals surface area (Å²) in [5.74, 6) is -0.0545. The maximum atomic E-state index is 13.2. The van der Waals surface area contributed by atoms with Gasteiger partial charge in [0.2, 0.25) is 0 Å². The van der Waals surface area contributed by atoms with Crippen LogP contribution in [0.1, 0.15) is 68.7 Å². The van der Waals surface area contributed by atoms with Gasteiger partial charge in [-0.15, -0.1) is 0 Å². The summed E-state index contributed by atoms with van der Waals surface area (Å²) >= 11 is 0. The molecule has 0 aliphatic carbocycles. The minimum Gasteiger partial charge on any atom is -0.464 e. The predicted molar refractivity (Wildman–Crippen MR) is 162 cm³/mol. The Kier molecular flexibility index (Phi) is 8.50. The molecule has 10 nitrogen and oxygen atoms in total. The first-order valence-electron chi connectivity index (χ1n) is 15.5. The quantitative estimate of drug-likeness (QED) is 0.287. The van der Waals surface area contributed by atoms with Crippen molar-refractivity contribution in [3.05, 3.63) is 57.4 Å². The van der Waals surface area contributed by atoms with Crippen molar-refractivity contribution in [2.45, 2.75) is 71.1 Å². The van der Waals surface area contributed by atoms with E-state index >= 15 is 0 Å². The van der Waals surface area contributed by atoms with Gasteiger partial charge in [0.25, 0.3) is 5.56 Å². The van der Waals surface area contributed by atoms with Crippen LogP contribution in [-0.4, -0.2) is 77.4 Å². The molecule has 2 fully saturated rings. The van der Waals surface area contributed by atoms with Crippen LogP contribution in [0.5, 0.6) is 5.75 Å². The van der Waals surface area contributed by atoms with Crippen LogP contribution in [0.25, 0.3) is 22.3 Å². The highest BCUT2D eigenvalue weighted by atomic mass is 16.6. The smallest absolute Gasteiger partial charge is 0.415 e. The number of likely N-dealkylation sites (tertiary alicyclic amines) is 2. The Hall–Kier alpha value is -3.76. The molecule has 10 heteroatoms. The van der Waals surface area contributed by atoms with Gasteiger partial charge < -0.3 is 28.6 Å². The van der Waals surface area contributed by atoms with Gasteiger partial charge in [-0.1, -0.05) is 13.3 Å². The Morgan fingerprint density at radius 1 is 1.02 bits per heavy atom. The summed E-state index contributed by atoms with van der Waals surface area (Å²) in [6, 6.07) is 9.31. The van der Waals surface area contributed by atoms with E-state index in [0.717, 1.165) is 34.9 Å². The molecule has 43 heavy (non-hydrogen) atoms. The number of carbonyl (C=O) groups excluding carboxylic acids is 2. The molecular weight excluding hydrogens is 548 g/mol. The van der Waals surface area contributed by atoms with Crippen LogP contribution in [-0.2, 0) is 27.2 Å². The highest BCUT2D eigenvalue weighted by molar-refractivity contribution is 5.89. The summed E-state index contributed by atoms with van der Waals surface area (Å²) in [4.78, 5) is 48.1. The maximum absolute atomic E-state index is 13.2. The van der Waals surface area contributed by atoms with E-state index < -0.39 is 12.1 Å². The average Bonchev–Trinajstić information content (AvgIpc) is 3.39. The normalized spacial score (nSPS) is 17.9. The molecule has 1 aromatic carbocycles. The van der Waals surface area contributed by atoms with Crippen LogP contribution in [0.4, 0.5) is 4.79 Å². The summed E-state index contributed by atoms with van der Waals surface area (Å²) in [7, 11) is 1.42. The number of hydrogen-bond acceptors (Lipinski definition) is 8. The van der Waals surface area contributed by atoms with Gasteiger partial charge in [0.15, 0.2) is 6.10 Å². The standard InChI is InChI=1S/C33H40N4O6/c1-4-24-25-19-23(43-33(40)36-15-11-22(12-16-36)35-13-7-6-8-14-35)9-10-27(25)34-30-26(24)20-37-28(30)17-21(18-29(37)38)31(41-3)32(39)42-5-2/h9-10,17-19,22,31H,4-8,11-16,20H2,1-3H3/t31-/m0/s1. The third-order valence-corrected chi connectivity index (χ3v) is 9.11. The molecule has 2 saturated heterocycles. The fourth-order valence-electron chi connectivity index (χ4n) is 6.93. The van der Waals surface area contributed by atoms with Crippen molar-refractivity contribution in [3.63, 3.8) is 0 Å². The lowest BCUT2D eigenvalue weighted by Gasteiger charge is -2.39. The molecule has 0 radical (unpaired) electrons. The summed E-state index contributed by atoms with van der Waals surface area (Å²) in [6.07, 6.45) is 5.23. The molecule has 0 saturated carbocycles. The van der Waals surface area contributed by atoms with E-state index in [1.165, 1.54) is 45.5 Å². The molecule has 1 amide bonds. The van der Waals surface area contributed by atoms with E-state index in [1.807, 2.05) is 17.0 Å². The highest BCUT2D eigenvalue weighted by Gasteiger charge is 2.31. The molecule has 3 aliphatic rings. The Morgan fingerprint density at radius 3 is 2.49 bits per heavy atom. The molecule has 6 rings (SSSR count). The second-order valence-corrected chi connectivity index (χ2v) is 11.6. The summed E-state index contributed by atoms with van der Waals surface area (Å²) in [5.41, 5.74) is 4.31. The van der Waals surface area contributed by atoms with E-state index in [4.69, 9.17) is 19.2 Å². The Morgan fingerprint density at radius 2 is 1.79 bits per heavy atom. The summed E-state index contributed by atoms with van der Waals surface area (Å²) in [6.45, 7) is 8.15. The van der Waals surface area contributed by atoms with Crippen LogP contribution < -0.4 is 10.3 Å². The molecule has 3 aliphatic heterocycles. The zero-order valence-corrected chi connectivity index (χ0v) is 25.3. The molecule has 0 spiro atoms. The van der Waals surface area contributed by atoms with Gasteiger partial charge in [-0.25, -0.2) is 14.6 Å². The minimum atomic E-state index is -0.999. The molecule has 1 atom stereocenters. The van der Waals surface area contributed by atoms with Crippen LogP contribution in [0.3, 0.4) is 0 Å². The van der Waals surface area contributed by atoms with Gasteiger partial charge in [0.05, 0.1) is 30.1 Å². The SMILES string of the molecule is CCOC(=O)[C@@H](OC)c1cc2n(c(=O)c1)Cc1c-2nc2ccc(OC(=O)N3CCC(N4CCCCC4)CC3)cc2c1CC. The van der Waals surface area contributed by atoms with Gasteiger partial charge >= 0.3 is 12.1 Å². The molecule has 0 unspecified atom stereocenters. The van der Waals surface area contributed by atoms with Crippen LogP contribution in [0, 0.1) is 0 Å². The fourth-order valence-corrected chi connectivity index (χ4v) is 6.93. The summed E-state index contributed by atoms with van der Waals surface area (Å²) in [5, 5.41) is 0.901. The second kappa shape index (κ2) is 12.5. The Bertz CT molecular complexity index is 1590. The van der Waals surface area contributed by atoms with E-state index in [1.54, 1.807) is 23.6 Å². The zero-order chi connectivity index (χ0) is 30.1.